The predicted molar refractivity (Wildman–Crippen MR) is 95.6 cm³/mol. The molecule has 0 aromatic carbocycles. The van der Waals surface area contributed by atoms with Crippen molar-refractivity contribution in [1.82, 2.24) is 21.3 Å². The average Bonchev–Trinajstić information content (AvgIpc) is 2.46. The summed E-state index contributed by atoms with van der Waals surface area (Å²) < 4.78 is 0. The number of hydrogen-bond donors (Lipinski definition) is 4. The molecule has 0 saturated carbocycles. The third-order valence-corrected chi connectivity index (χ3v) is 3.67. The van der Waals surface area contributed by atoms with E-state index in [1.54, 1.807) is 7.05 Å². The molecule has 0 aliphatic carbocycles. The fraction of sp³-hybridized carbons (Fsp3) is 0.882. The van der Waals surface area contributed by atoms with E-state index in [0.29, 0.717) is 12.6 Å². The van der Waals surface area contributed by atoms with Gasteiger partial charge >= 0.3 is 0 Å². The molecule has 2 atom stereocenters. The van der Waals surface area contributed by atoms with Crippen LogP contribution in [0.2, 0.25) is 0 Å². The Morgan fingerprint density at radius 3 is 2.00 bits per heavy atom. The maximum absolute atomic E-state index is 12.3. The van der Waals surface area contributed by atoms with Crippen LogP contribution in [-0.2, 0) is 9.59 Å². The lowest BCUT2D eigenvalue weighted by Gasteiger charge is -2.22. The normalized spacial score (nSPS) is 14.1. The molecule has 6 nitrogen and oxygen atoms in total. The minimum atomic E-state index is -0.469. The molecule has 0 aliphatic heterocycles. The van der Waals surface area contributed by atoms with Crippen molar-refractivity contribution >= 4 is 11.7 Å². The Kier molecular flexibility index (Phi) is 11.9. The Bertz CT molecular complexity index is 345. The van der Waals surface area contributed by atoms with Gasteiger partial charge < -0.3 is 21.3 Å². The number of Topliss-reactive ketones (excluding diaryl/α,β-unsaturated/α-hetero) is 1. The van der Waals surface area contributed by atoms with E-state index in [0.717, 1.165) is 25.8 Å². The van der Waals surface area contributed by atoms with Gasteiger partial charge in [0, 0.05) is 18.6 Å². The summed E-state index contributed by atoms with van der Waals surface area (Å²) in [6, 6.07) is 0.0452. The molecule has 4 N–H and O–H groups in total. The molecule has 2 unspecified atom stereocenters. The lowest BCUT2D eigenvalue weighted by Crippen LogP contribution is -2.53. The Balaban J connectivity index is 4.25. The first-order valence-electron chi connectivity index (χ1n) is 8.72. The number of rotatable bonds is 13. The Labute approximate surface area is 141 Å². The average molecular weight is 329 g/mol. The van der Waals surface area contributed by atoms with Crippen LogP contribution < -0.4 is 21.3 Å². The maximum atomic E-state index is 12.3. The lowest BCUT2D eigenvalue weighted by atomic mass is 10.1. The Morgan fingerprint density at radius 2 is 1.52 bits per heavy atom. The van der Waals surface area contributed by atoms with Crippen LogP contribution in [0.5, 0.6) is 0 Å². The van der Waals surface area contributed by atoms with Crippen LogP contribution in [0.1, 0.15) is 53.9 Å². The molecule has 0 saturated heterocycles. The van der Waals surface area contributed by atoms with Crippen molar-refractivity contribution in [3.63, 3.8) is 0 Å². The number of unbranched alkanes of at least 4 members (excludes halogenated alkanes) is 1. The summed E-state index contributed by atoms with van der Waals surface area (Å²) in [5.41, 5.74) is 0. The number of nitrogens with one attached hydrogen (secondary N) is 4. The first-order chi connectivity index (χ1) is 10.8. The monoisotopic (exact) mass is 328 g/mol. The summed E-state index contributed by atoms with van der Waals surface area (Å²) in [5.74, 6) is -0.127. The molecule has 23 heavy (non-hydrogen) atoms. The fourth-order valence-electron chi connectivity index (χ4n) is 2.19. The zero-order valence-corrected chi connectivity index (χ0v) is 15.7. The number of carbonyl (C=O) groups is 2. The first kappa shape index (κ1) is 22.0. The van der Waals surface area contributed by atoms with Crippen LogP contribution in [-0.4, -0.2) is 56.0 Å². The van der Waals surface area contributed by atoms with Crippen molar-refractivity contribution in [1.29, 1.82) is 0 Å². The largest absolute Gasteiger partial charge is 0.344 e. The molecule has 136 valence electrons. The highest BCUT2D eigenvalue weighted by molar-refractivity contribution is 5.89. The number of carbonyl (C=O) groups excluding carboxylic acids is 2. The smallest absolute Gasteiger partial charge is 0.237 e. The van der Waals surface area contributed by atoms with E-state index in [2.05, 4.69) is 35.1 Å². The van der Waals surface area contributed by atoms with E-state index in [-0.39, 0.29) is 23.8 Å². The van der Waals surface area contributed by atoms with Crippen molar-refractivity contribution in [3.8, 4) is 0 Å². The minimum Gasteiger partial charge on any atom is -0.344 e. The Hall–Kier alpha value is -0.980. The second-order valence-electron chi connectivity index (χ2n) is 6.68. The zero-order chi connectivity index (χ0) is 17.8. The summed E-state index contributed by atoms with van der Waals surface area (Å²) in [6.07, 6.45) is 2.77. The van der Waals surface area contributed by atoms with Gasteiger partial charge in [-0.1, -0.05) is 34.1 Å². The topological polar surface area (TPSA) is 82.3 Å². The molecule has 6 heteroatoms. The molecular formula is C17H36N4O2. The van der Waals surface area contributed by atoms with Crippen molar-refractivity contribution in [2.45, 2.75) is 78.0 Å². The summed E-state index contributed by atoms with van der Waals surface area (Å²) in [6.45, 7) is 11.2. The van der Waals surface area contributed by atoms with Gasteiger partial charge in [-0.25, -0.2) is 0 Å². The van der Waals surface area contributed by atoms with Gasteiger partial charge in [0.05, 0.1) is 12.1 Å². The van der Waals surface area contributed by atoms with E-state index < -0.39 is 6.04 Å². The van der Waals surface area contributed by atoms with Crippen LogP contribution in [0.15, 0.2) is 0 Å². The van der Waals surface area contributed by atoms with Gasteiger partial charge in [0.25, 0.3) is 0 Å². The highest BCUT2D eigenvalue weighted by Crippen LogP contribution is 2.02. The van der Waals surface area contributed by atoms with Gasteiger partial charge in [-0.3, -0.25) is 9.59 Å². The molecule has 0 radical (unpaired) electrons. The van der Waals surface area contributed by atoms with E-state index in [1.807, 2.05) is 13.8 Å². The second-order valence-corrected chi connectivity index (χ2v) is 6.68. The molecule has 0 aromatic rings. The fourth-order valence-corrected chi connectivity index (χ4v) is 2.19. The van der Waals surface area contributed by atoms with Crippen molar-refractivity contribution in [3.05, 3.63) is 0 Å². The summed E-state index contributed by atoms with van der Waals surface area (Å²) in [5, 5.41) is 12.5. The number of amides is 1. The molecule has 0 heterocycles. The van der Waals surface area contributed by atoms with Gasteiger partial charge in [0.15, 0.2) is 5.78 Å². The molecule has 1 amide bonds. The van der Waals surface area contributed by atoms with E-state index in [9.17, 15) is 9.59 Å². The SMILES string of the molecule is CNC(CCCCNC(C)C)C(=O)NC(CNC(C)C)C(C)=O. The van der Waals surface area contributed by atoms with Crippen LogP contribution >= 0.6 is 0 Å². The Morgan fingerprint density at radius 1 is 0.913 bits per heavy atom. The third-order valence-electron chi connectivity index (χ3n) is 3.67. The molecular weight excluding hydrogens is 292 g/mol. The van der Waals surface area contributed by atoms with Gasteiger partial charge in [0.1, 0.15) is 0 Å². The van der Waals surface area contributed by atoms with Crippen molar-refractivity contribution in [2.24, 2.45) is 0 Å². The molecule has 0 rings (SSSR count). The summed E-state index contributed by atoms with van der Waals surface area (Å²) >= 11 is 0. The van der Waals surface area contributed by atoms with Gasteiger partial charge in [-0.2, -0.15) is 0 Å². The van der Waals surface area contributed by atoms with Crippen molar-refractivity contribution in [2.75, 3.05) is 20.1 Å². The van der Waals surface area contributed by atoms with E-state index in [1.165, 1.54) is 6.92 Å². The second kappa shape index (κ2) is 12.4. The molecule has 0 spiro atoms. The minimum absolute atomic E-state index is 0.0255. The maximum Gasteiger partial charge on any atom is 0.237 e. The van der Waals surface area contributed by atoms with Gasteiger partial charge in [-0.05, 0) is 33.4 Å². The van der Waals surface area contributed by atoms with Crippen LogP contribution in [0, 0.1) is 0 Å². The molecule has 0 fully saturated rings. The zero-order valence-electron chi connectivity index (χ0n) is 15.7. The standard InChI is InChI=1S/C17H36N4O2/c1-12(2)19-10-8-7-9-15(18-6)17(23)21-16(14(5)22)11-20-13(3)4/h12-13,15-16,18-20H,7-11H2,1-6H3,(H,21,23). The van der Waals surface area contributed by atoms with Gasteiger partial charge in [-0.15, -0.1) is 0 Å². The van der Waals surface area contributed by atoms with E-state index >= 15 is 0 Å². The van der Waals surface area contributed by atoms with Crippen LogP contribution in [0.3, 0.4) is 0 Å². The highest BCUT2D eigenvalue weighted by Gasteiger charge is 2.22. The lowest BCUT2D eigenvalue weighted by molar-refractivity contribution is -0.128. The summed E-state index contributed by atoms with van der Waals surface area (Å²) in [7, 11) is 1.78. The highest BCUT2D eigenvalue weighted by atomic mass is 16.2. The third kappa shape index (κ3) is 11.2. The van der Waals surface area contributed by atoms with E-state index in [4.69, 9.17) is 0 Å². The molecule has 0 aliphatic rings. The molecule has 0 bridgehead atoms. The summed E-state index contributed by atoms with van der Waals surface area (Å²) in [4.78, 5) is 24.0. The van der Waals surface area contributed by atoms with Crippen LogP contribution in [0.4, 0.5) is 0 Å². The number of likely N-dealkylation sites (N-methyl/N-ethyl adjacent to an activating group) is 1. The van der Waals surface area contributed by atoms with Gasteiger partial charge in [0.2, 0.25) is 5.91 Å². The quantitative estimate of drug-likeness (QED) is 0.376. The molecule has 0 aromatic heterocycles. The number of ketones is 1. The van der Waals surface area contributed by atoms with Crippen LogP contribution in [0.25, 0.3) is 0 Å². The predicted octanol–water partition coefficient (Wildman–Crippen LogP) is 0.815. The number of hydrogen-bond acceptors (Lipinski definition) is 5. The first-order valence-corrected chi connectivity index (χ1v) is 8.72. The van der Waals surface area contributed by atoms with Crippen molar-refractivity contribution < 1.29 is 9.59 Å².